The number of hydrogen-bond donors (Lipinski definition) is 2. The largest absolute Gasteiger partial charge is 0.485 e. The second-order valence-corrected chi connectivity index (χ2v) is 5.40. The van der Waals surface area contributed by atoms with Gasteiger partial charge in [0.2, 0.25) is 0 Å². The molecule has 0 bridgehead atoms. The number of carbonyl (C=O) groups is 1. The Hall–Kier alpha value is -2.31. The van der Waals surface area contributed by atoms with Gasteiger partial charge in [0.15, 0.2) is 5.75 Å². The summed E-state index contributed by atoms with van der Waals surface area (Å²) in [4.78, 5) is 12.4. The highest BCUT2D eigenvalue weighted by atomic mass is 16.5. The molecule has 2 heterocycles. The molecular formula is C14H19N5O2. The Morgan fingerprint density at radius 2 is 2.33 bits per heavy atom. The van der Waals surface area contributed by atoms with Crippen LogP contribution < -0.4 is 10.1 Å². The van der Waals surface area contributed by atoms with Crippen LogP contribution in [0.4, 0.5) is 0 Å². The third-order valence-corrected chi connectivity index (χ3v) is 3.87. The van der Waals surface area contributed by atoms with E-state index in [1.807, 2.05) is 6.92 Å². The summed E-state index contributed by atoms with van der Waals surface area (Å²) in [7, 11) is 1.77. The Bertz CT molecular complexity index is 600. The van der Waals surface area contributed by atoms with Crippen molar-refractivity contribution in [3.63, 3.8) is 0 Å². The molecule has 2 atom stereocenters. The fourth-order valence-electron chi connectivity index (χ4n) is 2.82. The summed E-state index contributed by atoms with van der Waals surface area (Å²) in [6.45, 7) is 1.88. The van der Waals surface area contributed by atoms with E-state index < -0.39 is 0 Å². The number of nitrogens with zero attached hydrogens (tertiary/aromatic N) is 3. The molecule has 2 aromatic heterocycles. The summed E-state index contributed by atoms with van der Waals surface area (Å²) < 4.78 is 7.48. The monoisotopic (exact) mass is 289 g/mol. The van der Waals surface area contributed by atoms with E-state index in [9.17, 15) is 4.79 Å². The highest BCUT2D eigenvalue weighted by Crippen LogP contribution is 2.24. The molecule has 7 nitrogen and oxygen atoms in total. The van der Waals surface area contributed by atoms with Gasteiger partial charge in [-0.25, -0.2) is 0 Å². The van der Waals surface area contributed by atoms with Crippen molar-refractivity contribution in [2.75, 3.05) is 0 Å². The van der Waals surface area contributed by atoms with Crippen LogP contribution in [-0.4, -0.2) is 38.0 Å². The van der Waals surface area contributed by atoms with Gasteiger partial charge >= 0.3 is 0 Å². The van der Waals surface area contributed by atoms with Crippen LogP contribution in [0.3, 0.4) is 0 Å². The SMILES string of the molecule is Cc1cnn(C)c1C(=O)N[C@H]1CCC[C@H]1Oc1cn[nH]c1. The summed E-state index contributed by atoms with van der Waals surface area (Å²) >= 11 is 0. The summed E-state index contributed by atoms with van der Waals surface area (Å²) in [6, 6.07) is 0.0155. The van der Waals surface area contributed by atoms with Crippen molar-refractivity contribution >= 4 is 5.91 Å². The lowest BCUT2D eigenvalue weighted by molar-refractivity contribution is 0.0884. The Balaban J connectivity index is 1.67. The Kier molecular flexibility index (Phi) is 3.64. The molecule has 1 aliphatic carbocycles. The number of hydrogen-bond acceptors (Lipinski definition) is 4. The topological polar surface area (TPSA) is 84.8 Å². The zero-order valence-electron chi connectivity index (χ0n) is 12.2. The lowest BCUT2D eigenvalue weighted by Gasteiger charge is -2.21. The number of amides is 1. The maximum Gasteiger partial charge on any atom is 0.270 e. The predicted molar refractivity (Wildman–Crippen MR) is 76.1 cm³/mol. The lowest BCUT2D eigenvalue weighted by Crippen LogP contribution is -2.43. The molecule has 21 heavy (non-hydrogen) atoms. The number of H-pyrrole nitrogens is 1. The van der Waals surface area contributed by atoms with Crippen LogP contribution >= 0.6 is 0 Å². The van der Waals surface area contributed by atoms with Gasteiger partial charge in [0.25, 0.3) is 5.91 Å². The molecule has 0 unspecified atom stereocenters. The van der Waals surface area contributed by atoms with Crippen LogP contribution in [0.15, 0.2) is 18.6 Å². The summed E-state index contributed by atoms with van der Waals surface area (Å²) in [6.07, 6.45) is 7.93. The van der Waals surface area contributed by atoms with Crippen LogP contribution in [0.25, 0.3) is 0 Å². The number of aryl methyl sites for hydroxylation is 2. The van der Waals surface area contributed by atoms with Crippen molar-refractivity contribution in [1.29, 1.82) is 0 Å². The van der Waals surface area contributed by atoms with Gasteiger partial charge < -0.3 is 10.1 Å². The van der Waals surface area contributed by atoms with E-state index in [1.165, 1.54) is 0 Å². The number of carbonyl (C=O) groups excluding carboxylic acids is 1. The summed E-state index contributed by atoms with van der Waals surface area (Å²) in [5, 5.41) is 13.8. The first-order valence-electron chi connectivity index (χ1n) is 7.10. The number of nitrogens with one attached hydrogen (secondary N) is 2. The first-order chi connectivity index (χ1) is 10.1. The summed E-state index contributed by atoms with van der Waals surface area (Å²) in [5.41, 5.74) is 1.48. The molecule has 1 aliphatic rings. The molecule has 0 aromatic carbocycles. The normalized spacial score (nSPS) is 21.4. The van der Waals surface area contributed by atoms with Crippen molar-refractivity contribution in [1.82, 2.24) is 25.3 Å². The van der Waals surface area contributed by atoms with Gasteiger partial charge in [0.1, 0.15) is 11.8 Å². The smallest absolute Gasteiger partial charge is 0.270 e. The molecule has 1 fully saturated rings. The molecule has 0 saturated heterocycles. The number of ether oxygens (including phenoxy) is 1. The molecule has 1 amide bonds. The van der Waals surface area contributed by atoms with E-state index in [1.54, 1.807) is 30.3 Å². The van der Waals surface area contributed by atoms with Crippen molar-refractivity contribution in [2.45, 2.75) is 38.3 Å². The fourth-order valence-corrected chi connectivity index (χ4v) is 2.82. The maximum absolute atomic E-state index is 12.4. The van der Waals surface area contributed by atoms with Gasteiger partial charge in [-0.1, -0.05) is 0 Å². The van der Waals surface area contributed by atoms with Crippen molar-refractivity contribution in [3.05, 3.63) is 29.8 Å². The first-order valence-corrected chi connectivity index (χ1v) is 7.10. The predicted octanol–water partition coefficient (Wildman–Crippen LogP) is 1.18. The molecule has 112 valence electrons. The van der Waals surface area contributed by atoms with E-state index in [4.69, 9.17) is 4.74 Å². The van der Waals surface area contributed by atoms with Crippen LogP contribution in [0.1, 0.15) is 35.3 Å². The van der Waals surface area contributed by atoms with Crippen LogP contribution in [0, 0.1) is 6.92 Å². The third kappa shape index (κ3) is 2.76. The Morgan fingerprint density at radius 1 is 1.48 bits per heavy atom. The average molecular weight is 289 g/mol. The zero-order valence-corrected chi connectivity index (χ0v) is 12.2. The molecule has 0 spiro atoms. The number of aromatic amines is 1. The van der Waals surface area contributed by atoms with Gasteiger partial charge in [-0.3, -0.25) is 14.6 Å². The van der Waals surface area contributed by atoms with Crippen molar-refractivity contribution in [2.24, 2.45) is 7.05 Å². The van der Waals surface area contributed by atoms with E-state index in [0.29, 0.717) is 11.4 Å². The minimum absolute atomic E-state index is 0.0138. The van der Waals surface area contributed by atoms with E-state index >= 15 is 0 Å². The van der Waals surface area contributed by atoms with Crippen molar-refractivity contribution in [3.8, 4) is 5.75 Å². The van der Waals surface area contributed by atoms with Gasteiger partial charge in [0, 0.05) is 7.05 Å². The van der Waals surface area contributed by atoms with Gasteiger partial charge in [-0.15, -0.1) is 0 Å². The van der Waals surface area contributed by atoms with Crippen LogP contribution in [0.5, 0.6) is 5.75 Å². The highest BCUT2D eigenvalue weighted by molar-refractivity contribution is 5.94. The standard InChI is InChI=1S/C14H19N5O2/c1-9-6-17-19(2)13(9)14(20)18-11-4-3-5-12(11)21-10-7-15-16-8-10/h6-8,11-12H,3-5H2,1-2H3,(H,15,16)(H,18,20)/t11-,12+/m0/s1. The second kappa shape index (κ2) is 5.59. The first kappa shape index (κ1) is 13.7. The minimum atomic E-state index is -0.0970. The second-order valence-electron chi connectivity index (χ2n) is 5.40. The fraction of sp³-hybridized carbons (Fsp3) is 0.500. The quantitative estimate of drug-likeness (QED) is 0.885. The molecule has 2 aromatic rings. The Labute approximate surface area is 122 Å². The zero-order chi connectivity index (χ0) is 14.8. The molecule has 1 saturated carbocycles. The molecule has 7 heteroatoms. The van der Waals surface area contributed by atoms with Crippen LogP contribution in [-0.2, 0) is 7.05 Å². The minimum Gasteiger partial charge on any atom is -0.485 e. The van der Waals surface area contributed by atoms with Crippen LogP contribution in [0.2, 0.25) is 0 Å². The van der Waals surface area contributed by atoms with E-state index in [-0.39, 0.29) is 18.1 Å². The number of aromatic nitrogens is 4. The van der Waals surface area contributed by atoms with E-state index in [0.717, 1.165) is 24.8 Å². The molecule has 2 N–H and O–H groups in total. The van der Waals surface area contributed by atoms with Gasteiger partial charge in [0.05, 0.1) is 24.6 Å². The summed E-state index contributed by atoms with van der Waals surface area (Å²) in [5.74, 6) is 0.609. The average Bonchev–Trinajstić information content (AvgIpc) is 3.15. The molecule has 0 radical (unpaired) electrons. The third-order valence-electron chi connectivity index (χ3n) is 3.87. The van der Waals surface area contributed by atoms with Gasteiger partial charge in [-0.2, -0.15) is 10.2 Å². The van der Waals surface area contributed by atoms with Gasteiger partial charge in [-0.05, 0) is 31.7 Å². The van der Waals surface area contributed by atoms with Crippen molar-refractivity contribution < 1.29 is 9.53 Å². The molecule has 0 aliphatic heterocycles. The number of rotatable bonds is 4. The molecule has 3 rings (SSSR count). The lowest BCUT2D eigenvalue weighted by atomic mass is 10.2. The molecular weight excluding hydrogens is 270 g/mol. The Morgan fingerprint density at radius 3 is 3.00 bits per heavy atom. The highest BCUT2D eigenvalue weighted by Gasteiger charge is 2.31. The maximum atomic E-state index is 12.4. The van der Waals surface area contributed by atoms with E-state index in [2.05, 4.69) is 20.6 Å².